The third kappa shape index (κ3) is 6.02. The molecule has 0 spiro atoms. The molecular formula is C36H28I2S3. The highest BCUT2D eigenvalue weighted by atomic mass is 127. The molecule has 0 unspecified atom stereocenters. The van der Waals surface area contributed by atoms with Crippen molar-refractivity contribution in [2.75, 3.05) is 0 Å². The summed E-state index contributed by atoms with van der Waals surface area (Å²) < 4.78 is 0. The van der Waals surface area contributed by atoms with Crippen LogP contribution >= 0.6 is 68.6 Å². The first kappa shape index (κ1) is 28.9. The minimum atomic E-state index is -1.38. The van der Waals surface area contributed by atoms with Crippen LogP contribution in [0.3, 0.4) is 0 Å². The van der Waals surface area contributed by atoms with Crippen molar-refractivity contribution < 1.29 is 0 Å². The van der Waals surface area contributed by atoms with Crippen LogP contribution in [-0.2, 0) is 0 Å². The van der Waals surface area contributed by atoms with E-state index in [2.05, 4.69) is 212 Å². The molecule has 0 radical (unpaired) electrons. The van der Waals surface area contributed by atoms with Crippen LogP contribution in [0.1, 0.15) is 0 Å². The molecule has 5 heteroatoms. The van der Waals surface area contributed by atoms with E-state index in [0.717, 1.165) is 0 Å². The maximum Gasteiger partial charge on any atom is 0.0123 e. The predicted molar refractivity (Wildman–Crippen MR) is 196 cm³/mol. The van der Waals surface area contributed by atoms with Gasteiger partial charge >= 0.3 is 0 Å². The summed E-state index contributed by atoms with van der Waals surface area (Å²) in [5, 5.41) is 0. The van der Waals surface area contributed by atoms with Crippen molar-refractivity contribution in [3.8, 4) is 0 Å². The fourth-order valence-corrected chi connectivity index (χ4v) is 15.7. The van der Waals surface area contributed by atoms with Crippen molar-refractivity contribution in [2.45, 2.75) is 39.2 Å². The summed E-state index contributed by atoms with van der Waals surface area (Å²) in [6.45, 7) is 0. The third-order valence-electron chi connectivity index (χ3n) is 6.80. The van der Waals surface area contributed by atoms with E-state index in [-0.39, 0.29) is 0 Å². The van der Waals surface area contributed by atoms with Gasteiger partial charge in [-0.3, -0.25) is 0 Å². The second kappa shape index (κ2) is 13.0. The number of halogens is 2. The van der Waals surface area contributed by atoms with Crippen molar-refractivity contribution >= 4 is 68.6 Å². The summed E-state index contributed by atoms with van der Waals surface area (Å²) in [5.74, 6) is 0. The standard InChI is InChI=1S/C36H28I2S3/c37-40(31-13-5-1-6-14-31,32-15-7-2-8-16-32)35-25-21-29(22-26-35)39-30-23-27-36(28-24-30)41(38,33-17-9-3-10-18-33)34-19-11-4-12-20-34/h1-28H. The van der Waals surface area contributed by atoms with E-state index in [4.69, 9.17) is 0 Å². The lowest BCUT2D eigenvalue weighted by Crippen LogP contribution is -1.96. The summed E-state index contributed by atoms with van der Waals surface area (Å²) in [5.41, 5.74) is 0. The molecule has 0 N–H and O–H groups in total. The Hall–Kier alpha value is -2.17. The summed E-state index contributed by atoms with van der Waals surface area (Å²) in [4.78, 5) is 10.7. The van der Waals surface area contributed by atoms with Crippen LogP contribution in [0.15, 0.2) is 209 Å². The Morgan fingerprint density at radius 2 is 0.512 bits per heavy atom. The molecule has 6 aromatic carbocycles. The molecule has 0 amide bonds. The molecule has 0 fully saturated rings. The molecule has 6 rings (SSSR count). The topological polar surface area (TPSA) is 0 Å². The Morgan fingerprint density at radius 3 is 0.756 bits per heavy atom. The SMILES string of the molecule is IS(c1ccccc1)(c1ccccc1)c1ccc(Sc2ccc(S(I)(c3ccccc3)c3ccccc3)cc2)cc1. The van der Waals surface area contributed by atoms with E-state index < -0.39 is 14.4 Å². The largest absolute Gasteiger partial charge is 0.105 e. The van der Waals surface area contributed by atoms with Crippen LogP contribution in [0, 0.1) is 0 Å². The fraction of sp³-hybridized carbons (Fsp3) is 0. The van der Waals surface area contributed by atoms with Gasteiger partial charge in [0.2, 0.25) is 0 Å². The molecule has 0 aliphatic heterocycles. The first-order chi connectivity index (χ1) is 20.1. The lowest BCUT2D eigenvalue weighted by molar-refractivity contribution is 1.27. The van der Waals surface area contributed by atoms with Crippen LogP contribution in [0.25, 0.3) is 0 Å². The zero-order valence-corrected chi connectivity index (χ0v) is 28.9. The Balaban J connectivity index is 1.28. The second-order valence-corrected chi connectivity index (χ2v) is 23.4. The third-order valence-corrected chi connectivity index (χ3v) is 22.5. The first-order valence-corrected chi connectivity index (χ1v) is 22.4. The highest BCUT2D eigenvalue weighted by Gasteiger charge is 2.29. The molecule has 0 heterocycles. The first-order valence-electron chi connectivity index (χ1n) is 13.2. The van der Waals surface area contributed by atoms with Crippen molar-refractivity contribution in [3.63, 3.8) is 0 Å². The lowest BCUT2D eigenvalue weighted by atomic mass is 10.3. The van der Waals surface area contributed by atoms with Gasteiger partial charge in [0.25, 0.3) is 0 Å². The number of benzene rings is 6. The van der Waals surface area contributed by atoms with Gasteiger partial charge in [-0.15, -0.1) is 14.4 Å². The molecule has 0 bridgehead atoms. The van der Waals surface area contributed by atoms with Gasteiger partial charge in [-0.1, -0.05) is 84.6 Å². The fourth-order valence-electron chi connectivity index (χ4n) is 4.78. The summed E-state index contributed by atoms with van der Waals surface area (Å²) in [6.07, 6.45) is 0. The average Bonchev–Trinajstić information content (AvgIpc) is 3.06. The molecule has 0 aliphatic carbocycles. The average molecular weight is 811 g/mol. The maximum absolute atomic E-state index is 2.71. The molecule has 0 saturated carbocycles. The summed E-state index contributed by atoms with van der Waals surface area (Å²) in [6, 6.07) is 62.1. The van der Waals surface area contributed by atoms with Gasteiger partial charge in [0, 0.05) is 39.2 Å². The summed E-state index contributed by atoms with van der Waals surface area (Å²) >= 11 is 7.24. The Kier molecular flexibility index (Phi) is 9.17. The quantitative estimate of drug-likeness (QED) is 0.138. The minimum Gasteiger partial charge on any atom is -0.105 e. The van der Waals surface area contributed by atoms with Gasteiger partial charge in [0.1, 0.15) is 0 Å². The van der Waals surface area contributed by atoms with Gasteiger partial charge in [-0.2, -0.15) is 0 Å². The van der Waals surface area contributed by atoms with Crippen LogP contribution in [0.5, 0.6) is 0 Å². The molecule has 204 valence electrons. The van der Waals surface area contributed by atoms with E-state index in [1.807, 2.05) is 11.8 Å². The predicted octanol–water partition coefficient (Wildman–Crippen LogP) is 13.1. The molecule has 0 saturated heterocycles. The smallest absolute Gasteiger partial charge is 0.0123 e. The highest BCUT2D eigenvalue weighted by Crippen LogP contribution is 2.75. The van der Waals surface area contributed by atoms with Crippen molar-refractivity contribution in [1.29, 1.82) is 0 Å². The summed E-state index contributed by atoms with van der Waals surface area (Å²) in [7, 11) is -2.75. The monoisotopic (exact) mass is 810 g/mol. The van der Waals surface area contributed by atoms with Gasteiger partial charge in [0.05, 0.1) is 0 Å². The second-order valence-electron chi connectivity index (χ2n) is 9.37. The van der Waals surface area contributed by atoms with Crippen LogP contribution < -0.4 is 0 Å². The lowest BCUT2D eigenvalue weighted by Gasteiger charge is -2.35. The molecule has 0 aliphatic rings. The Labute approximate surface area is 274 Å². The van der Waals surface area contributed by atoms with Crippen molar-refractivity contribution in [2.24, 2.45) is 0 Å². The molecule has 41 heavy (non-hydrogen) atoms. The normalized spacial score (nSPS) is 12.5. The van der Waals surface area contributed by atoms with E-state index in [1.165, 1.54) is 39.2 Å². The number of hydrogen-bond donors (Lipinski definition) is 0. The van der Waals surface area contributed by atoms with E-state index in [9.17, 15) is 0 Å². The Bertz CT molecular complexity index is 1480. The van der Waals surface area contributed by atoms with E-state index >= 15 is 0 Å². The van der Waals surface area contributed by atoms with Crippen molar-refractivity contribution in [1.82, 2.24) is 0 Å². The molecule has 6 aromatic rings. The van der Waals surface area contributed by atoms with Gasteiger partial charge < -0.3 is 0 Å². The highest BCUT2D eigenvalue weighted by molar-refractivity contribution is 14.2. The molecule has 0 nitrogen and oxygen atoms in total. The van der Waals surface area contributed by atoms with E-state index in [0.29, 0.717) is 0 Å². The molecule has 0 aromatic heterocycles. The molecular weight excluding hydrogens is 782 g/mol. The van der Waals surface area contributed by atoms with Crippen molar-refractivity contribution in [3.05, 3.63) is 170 Å². The molecule has 0 atom stereocenters. The maximum atomic E-state index is 2.71. The van der Waals surface area contributed by atoms with Crippen LogP contribution in [0.2, 0.25) is 0 Å². The van der Waals surface area contributed by atoms with Gasteiger partial charge in [-0.05, 0) is 139 Å². The number of rotatable bonds is 8. The van der Waals surface area contributed by atoms with Gasteiger partial charge in [-0.25, -0.2) is 0 Å². The van der Waals surface area contributed by atoms with Crippen LogP contribution in [-0.4, -0.2) is 0 Å². The zero-order chi connectivity index (χ0) is 28.1. The van der Waals surface area contributed by atoms with Gasteiger partial charge in [0.15, 0.2) is 0 Å². The van der Waals surface area contributed by atoms with E-state index in [1.54, 1.807) is 0 Å². The zero-order valence-electron chi connectivity index (χ0n) is 22.1. The minimum absolute atomic E-state index is 1.25. The van der Waals surface area contributed by atoms with Crippen LogP contribution in [0.4, 0.5) is 0 Å². The number of hydrogen-bond acceptors (Lipinski definition) is 1. The Morgan fingerprint density at radius 1 is 0.293 bits per heavy atom.